The first kappa shape index (κ1) is 20.5. The highest BCUT2D eigenvalue weighted by molar-refractivity contribution is 7.86. The van der Waals surface area contributed by atoms with Crippen molar-refractivity contribution in [1.29, 1.82) is 0 Å². The Balaban J connectivity index is 1.64. The quantitative estimate of drug-likeness (QED) is 0.248. The van der Waals surface area contributed by atoms with Crippen LogP contribution in [0.3, 0.4) is 0 Å². The Morgan fingerprint density at radius 2 is 1.77 bits per heavy atom. The van der Waals surface area contributed by atoms with Crippen molar-refractivity contribution < 1.29 is 17.7 Å². The highest BCUT2D eigenvalue weighted by atomic mass is 32.2. The second kappa shape index (κ2) is 8.50. The molecule has 1 heterocycles. The number of nitrogens with zero attached hydrogens (tertiary/aromatic N) is 3. The van der Waals surface area contributed by atoms with Crippen molar-refractivity contribution in [1.82, 2.24) is 4.98 Å². The normalized spacial score (nSPS) is 11.8. The van der Waals surface area contributed by atoms with Gasteiger partial charge in [0.05, 0.1) is 11.4 Å². The maximum Gasteiger partial charge on any atom is 0.295 e. The van der Waals surface area contributed by atoms with Crippen molar-refractivity contribution in [3.05, 3.63) is 84.7 Å². The fourth-order valence-electron chi connectivity index (χ4n) is 3.04. The fraction of sp³-hybridized carbons (Fsp3) is 0.0455. The zero-order chi connectivity index (χ0) is 21.8. The van der Waals surface area contributed by atoms with Crippen LogP contribution in [0.25, 0.3) is 10.8 Å². The summed E-state index contributed by atoms with van der Waals surface area (Å²) in [5.41, 5.74) is 7.99. The molecular formula is C22H18N4O4S. The highest BCUT2D eigenvalue weighted by Crippen LogP contribution is 2.36. The first-order chi connectivity index (χ1) is 14.9. The van der Waals surface area contributed by atoms with E-state index in [0.717, 1.165) is 5.56 Å². The first-order valence-electron chi connectivity index (χ1n) is 9.24. The van der Waals surface area contributed by atoms with Gasteiger partial charge in [0.1, 0.15) is 22.9 Å². The molecule has 8 nitrogen and oxygen atoms in total. The number of benzene rings is 3. The predicted octanol–water partition coefficient (Wildman–Crippen LogP) is 5.06. The van der Waals surface area contributed by atoms with Crippen LogP contribution in [0.5, 0.6) is 5.75 Å². The topological polar surface area (TPSA) is 127 Å². The molecule has 3 aromatic carbocycles. The molecule has 0 saturated heterocycles. The van der Waals surface area contributed by atoms with Crippen LogP contribution < -0.4 is 10.5 Å². The van der Waals surface area contributed by atoms with Crippen LogP contribution in [0.1, 0.15) is 5.56 Å². The highest BCUT2D eigenvalue weighted by Gasteiger charge is 2.18. The van der Waals surface area contributed by atoms with Crippen LogP contribution in [-0.4, -0.2) is 18.0 Å². The predicted molar refractivity (Wildman–Crippen MR) is 117 cm³/mol. The molecule has 0 amide bonds. The summed E-state index contributed by atoms with van der Waals surface area (Å²) >= 11 is 0. The maximum atomic E-state index is 11.8. The van der Waals surface area contributed by atoms with Crippen LogP contribution in [0.2, 0.25) is 0 Å². The largest absolute Gasteiger partial charge is 0.489 e. The molecule has 0 radical (unpaired) electrons. The van der Waals surface area contributed by atoms with E-state index in [9.17, 15) is 13.0 Å². The lowest BCUT2D eigenvalue weighted by Crippen LogP contribution is -2.01. The molecule has 0 aliphatic rings. The number of hydrogen-bond acceptors (Lipinski definition) is 7. The Morgan fingerprint density at radius 3 is 2.52 bits per heavy atom. The summed E-state index contributed by atoms with van der Waals surface area (Å²) in [6, 6.07) is 18.5. The van der Waals surface area contributed by atoms with Gasteiger partial charge < -0.3 is 10.5 Å². The second-order valence-corrected chi connectivity index (χ2v) is 8.07. The van der Waals surface area contributed by atoms with E-state index in [1.54, 1.807) is 60.9 Å². The zero-order valence-corrected chi connectivity index (χ0v) is 17.0. The number of nitrogen functional groups attached to an aromatic ring is 1. The van der Waals surface area contributed by atoms with Crippen molar-refractivity contribution in [2.75, 3.05) is 5.73 Å². The van der Waals surface area contributed by atoms with Crippen molar-refractivity contribution in [2.24, 2.45) is 10.2 Å². The molecule has 0 bridgehead atoms. The van der Waals surface area contributed by atoms with Crippen molar-refractivity contribution >= 4 is 38.0 Å². The van der Waals surface area contributed by atoms with E-state index in [2.05, 4.69) is 15.2 Å². The molecule has 0 unspecified atom stereocenters. The van der Waals surface area contributed by atoms with Crippen molar-refractivity contribution in [3.63, 3.8) is 0 Å². The van der Waals surface area contributed by atoms with Gasteiger partial charge in [-0.3, -0.25) is 9.54 Å². The number of hydrogen-bond donors (Lipinski definition) is 2. The summed E-state index contributed by atoms with van der Waals surface area (Å²) in [5.74, 6) is 0.588. The SMILES string of the molecule is Nc1c(N=Nc2cccc(OCc3cccnc3)c2)cc(S(=O)(=O)O)c2ccccc12. The molecule has 0 aliphatic carbocycles. The minimum absolute atomic E-state index is 0.132. The van der Waals surface area contributed by atoms with Crippen LogP contribution in [0.4, 0.5) is 17.1 Å². The number of aromatic nitrogens is 1. The number of pyridine rings is 1. The second-order valence-electron chi connectivity index (χ2n) is 6.68. The van der Waals surface area contributed by atoms with Gasteiger partial charge in [0.2, 0.25) is 0 Å². The summed E-state index contributed by atoms with van der Waals surface area (Å²) in [7, 11) is -4.47. The zero-order valence-electron chi connectivity index (χ0n) is 16.2. The lowest BCUT2D eigenvalue weighted by Gasteiger charge is -2.09. The molecule has 31 heavy (non-hydrogen) atoms. The molecule has 0 spiro atoms. The van der Waals surface area contributed by atoms with E-state index in [1.165, 1.54) is 6.07 Å². The molecule has 1 aromatic heterocycles. The molecule has 0 aliphatic heterocycles. The Bertz CT molecular complexity index is 1370. The lowest BCUT2D eigenvalue weighted by atomic mass is 10.1. The average molecular weight is 434 g/mol. The van der Waals surface area contributed by atoms with Crippen LogP contribution in [-0.2, 0) is 16.7 Å². The third-order valence-corrected chi connectivity index (χ3v) is 5.42. The number of anilines is 1. The van der Waals surface area contributed by atoms with E-state index in [1.807, 2.05) is 12.1 Å². The number of fused-ring (bicyclic) bond motifs is 1. The van der Waals surface area contributed by atoms with Gasteiger partial charge in [-0.2, -0.15) is 13.5 Å². The monoisotopic (exact) mass is 434 g/mol. The molecule has 3 N–H and O–H groups in total. The van der Waals surface area contributed by atoms with Gasteiger partial charge >= 0.3 is 0 Å². The van der Waals surface area contributed by atoms with Crippen molar-refractivity contribution in [2.45, 2.75) is 11.5 Å². The minimum atomic E-state index is -4.47. The molecule has 0 atom stereocenters. The van der Waals surface area contributed by atoms with E-state index < -0.39 is 10.1 Å². The number of ether oxygens (including phenoxy) is 1. The first-order valence-corrected chi connectivity index (χ1v) is 10.7. The summed E-state index contributed by atoms with van der Waals surface area (Å²) in [5, 5.41) is 9.05. The third-order valence-electron chi connectivity index (χ3n) is 4.52. The summed E-state index contributed by atoms with van der Waals surface area (Å²) < 4.78 is 39.0. The average Bonchev–Trinajstić information content (AvgIpc) is 2.77. The molecule has 4 rings (SSSR count). The maximum absolute atomic E-state index is 11.8. The minimum Gasteiger partial charge on any atom is -0.489 e. The van der Waals surface area contributed by atoms with Crippen LogP contribution in [0, 0.1) is 0 Å². The number of rotatable bonds is 6. The lowest BCUT2D eigenvalue weighted by molar-refractivity contribution is 0.306. The number of azo groups is 1. The van der Waals surface area contributed by atoms with Gasteiger partial charge in [-0.25, -0.2) is 0 Å². The Labute approximate surface area is 178 Å². The van der Waals surface area contributed by atoms with Gasteiger partial charge in [-0.05, 0) is 24.3 Å². The molecule has 0 fully saturated rings. The number of nitrogens with two attached hydrogens (primary N) is 1. The Hall–Kier alpha value is -3.82. The summed E-state index contributed by atoms with van der Waals surface area (Å²) in [6.07, 6.45) is 3.41. The van der Waals surface area contributed by atoms with E-state index in [-0.39, 0.29) is 16.3 Å². The molecule has 0 saturated carbocycles. The summed E-state index contributed by atoms with van der Waals surface area (Å²) in [6.45, 7) is 0.351. The van der Waals surface area contributed by atoms with Gasteiger partial charge in [-0.15, -0.1) is 5.11 Å². The molecule has 9 heteroatoms. The Kier molecular flexibility index (Phi) is 5.61. The standard InChI is InChI=1S/C22H18N4O4S/c23-22-19-9-2-1-8-18(19)21(31(27,28)29)12-20(22)26-25-16-6-3-7-17(11-16)30-14-15-5-4-10-24-13-15/h1-13H,14,23H2,(H,27,28,29). The smallest absolute Gasteiger partial charge is 0.295 e. The van der Waals surface area contributed by atoms with E-state index in [4.69, 9.17) is 10.5 Å². The molecular weight excluding hydrogens is 416 g/mol. The van der Waals surface area contributed by atoms with Gasteiger partial charge in [0.25, 0.3) is 10.1 Å². The van der Waals surface area contributed by atoms with Gasteiger partial charge in [0, 0.05) is 34.8 Å². The van der Waals surface area contributed by atoms with Crippen LogP contribution >= 0.6 is 0 Å². The van der Waals surface area contributed by atoms with E-state index >= 15 is 0 Å². The van der Waals surface area contributed by atoms with Gasteiger partial charge in [0.15, 0.2) is 0 Å². The van der Waals surface area contributed by atoms with Crippen LogP contribution in [0.15, 0.2) is 94.2 Å². The summed E-state index contributed by atoms with van der Waals surface area (Å²) in [4.78, 5) is 3.77. The Morgan fingerprint density at radius 1 is 0.968 bits per heavy atom. The molecule has 4 aromatic rings. The van der Waals surface area contributed by atoms with Crippen molar-refractivity contribution in [3.8, 4) is 5.75 Å². The van der Waals surface area contributed by atoms with E-state index in [0.29, 0.717) is 28.8 Å². The third kappa shape index (κ3) is 4.68. The fourth-order valence-corrected chi connectivity index (χ4v) is 3.76. The molecule has 156 valence electrons. The van der Waals surface area contributed by atoms with Gasteiger partial charge in [-0.1, -0.05) is 36.4 Å².